The normalized spacial score (nSPS) is 30.5. The SMILES string of the molecule is O=C(N[C@H]1C[C@@H]2CC[C@@H]1C2)c1ccc(I)cc1. The van der Waals surface area contributed by atoms with E-state index >= 15 is 0 Å². The standard InChI is InChI=1S/C14H16INO/c15-12-5-3-10(4-6-12)14(17)16-13-8-9-1-2-11(13)7-9/h3-6,9,11,13H,1-2,7-8H2,(H,16,17)/t9-,11-,13+/m1/s1. The second-order valence-corrected chi connectivity index (χ2v) is 6.51. The van der Waals surface area contributed by atoms with Gasteiger partial charge in [0.2, 0.25) is 0 Å². The van der Waals surface area contributed by atoms with Crippen LogP contribution in [0, 0.1) is 15.4 Å². The van der Waals surface area contributed by atoms with Crippen LogP contribution in [0.25, 0.3) is 0 Å². The van der Waals surface area contributed by atoms with Crippen molar-refractivity contribution in [1.29, 1.82) is 0 Å². The molecular formula is C14H16INO. The summed E-state index contributed by atoms with van der Waals surface area (Å²) in [6, 6.07) is 8.21. The quantitative estimate of drug-likeness (QED) is 0.823. The minimum absolute atomic E-state index is 0.0963. The van der Waals surface area contributed by atoms with Gasteiger partial charge in [-0.2, -0.15) is 0 Å². The van der Waals surface area contributed by atoms with E-state index in [4.69, 9.17) is 0 Å². The van der Waals surface area contributed by atoms with Crippen molar-refractivity contribution in [3.05, 3.63) is 33.4 Å². The number of benzene rings is 1. The van der Waals surface area contributed by atoms with Crippen LogP contribution in [0.2, 0.25) is 0 Å². The minimum atomic E-state index is 0.0963. The summed E-state index contributed by atoms with van der Waals surface area (Å²) in [4.78, 5) is 12.1. The van der Waals surface area contributed by atoms with Crippen molar-refractivity contribution >= 4 is 28.5 Å². The maximum Gasteiger partial charge on any atom is 0.251 e. The molecule has 1 amide bonds. The molecule has 0 heterocycles. The molecular weight excluding hydrogens is 325 g/mol. The monoisotopic (exact) mass is 341 g/mol. The van der Waals surface area contributed by atoms with Crippen LogP contribution in [0.3, 0.4) is 0 Å². The highest BCUT2D eigenvalue weighted by molar-refractivity contribution is 14.1. The maximum atomic E-state index is 12.1. The fourth-order valence-electron chi connectivity index (χ4n) is 3.27. The lowest BCUT2D eigenvalue weighted by atomic mass is 9.95. The van der Waals surface area contributed by atoms with E-state index in [1.54, 1.807) is 0 Å². The van der Waals surface area contributed by atoms with Gasteiger partial charge in [0.1, 0.15) is 0 Å². The fourth-order valence-corrected chi connectivity index (χ4v) is 3.63. The largest absolute Gasteiger partial charge is 0.349 e. The molecule has 2 bridgehead atoms. The molecule has 2 fully saturated rings. The molecule has 3 heteroatoms. The summed E-state index contributed by atoms with van der Waals surface area (Å²) in [7, 11) is 0. The topological polar surface area (TPSA) is 29.1 Å². The molecule has 2 aliphatic rings. The zero-order valence-corrected chi connectivity index (χ0v) is 11.8. The first kappa shape index (κ1) is 11.5. The Morgan fingerprint density at radius 3 is 2.53 bits per heavy atom. The summed E-state index contributed by atoms with van der Waals surface area (Å²) in [5.41, 5.74) is 0.785. The number of carbonyl (C=O) groups excluding carboxylic acids is 1. The molecule has 0 radical (unpaired) electrons. The highest BCUT2D eigenvalue weighted by atomic mass is 127. The third kappa shape index (κ3) is 2.34. The van der Waals surface area contributed by atoms with Gasteiger partial charge in [0.05, 0.1) is 0 Å². The fraction of sp³-hybridized carbons (Fsp3) is 0.500. The third-order valence-corrected chi connectivity index (χ3v) is 4.88. The first-order valence-electron chi connectivity index (χ1n) is 6.29. The molecule has 0 aromatic heterocycles. The zero-order chi connectivity index (χ0) is 11.8. The number of nitrogens with one attached hydrogen (secondary N) is 1. The maximum absolute atomic E-state index is 12.1. The molecule has 2 nitrogen and oxygen atoms in total. The van der Waals surface area contributed by atoms with Crippen molar-refractivity contribution < 1.29 is 4.79 Å². The molecule has 0 unspecified atom stereocenters. The van der Waals surface area contributed by atoms with E-state index in [2.05, 4.69) is 27.9 Å². The summed E-state index contributed by atoms with van der Waals surface area (Å²) in [5, 5.41) is 3.20. The van der Waals surface area contributed by atoms with Crippen molar-refractivity contribution in [1.82, 2.24) is 5.32 Å². The van der Waals surface area contributed by atoms with Gasteiger partial charge >= 0.3 is 0 Å². The Balaban J connectivity index is 1.65. The summed E-state index contributed by atoms with van der Waals surface area (Å²) in [5.74, 6) is 1.72. The molecule has 1 N–H and O–H groups in total. The lowest BCUT2D eigenvalue weighted by molar-refractivity contribution is 0.0923. The van der Waals surface area contributed by atoms with E-state index in [9.17, 15) is 4.79 Å². The van der Waals surface area contributed by atoms with Gasteiger partial charge in [-0.15, -0.1) is 0 Å². The van der Waals surface area contributed by atoms with Crippen molar-refractivity contribution in [2.45, 2.75) is 31.7 Å². The number of amides is 1. The summed E-state index contributed by atoms with van der Waals surface area (Å²) >= 11 is 2.25. The Morgan fingerprint density at radius 1 is 1.18 bits per heavy atom. The van der Waals surface area contributed by atoms with E-state index in [0.717, 1.165) is 17.4 Å². The number of fused-ring (bicyclic) bond motifs is 2. The number of hydrogen-bond donors (Lipinski definition) is 1. The highest BCUT2D eigenvalue weighted by Crippen LogP contribution is 2.44. The molecule has 2 aliphatic carbocycles. The number of halogens is 1. The van der Waals surface area contributed by atoms with E-state index in [-0.39, 0.29) is 5.91 Å². The molecule has 0 spiro atoms. The minimum Gasteiger partial charge on any atom is -0.349 e. The summed E-state index contributed by atoms with van der Waals surface area (Å²) < 4.78 is 1.17. The predicted molar refractivity (Wildman–Crippen MR) is 75.9 cm³/mol. The van der Waals surface area contributed by atoms with Crippen molar-refractivity contribution in [2.75, 3.05) is 0 Å². The van der Waals surface area contributed by atoms with Crippen LogP contribution in [-0.2, 0) is 0 Å². The molecule has 2 saturated carbocycles. The Bertz CT molecular complexity index is 428. The van der Waals surface area contributed by atoms with E-state index < -0.39 is 0 Å². The first-order valence-corrected chi connectivity index (χ1v) is 7.36. The Hall–Kier alpha value is -0.580. The molecule has 0 aliphatic heterocycles. The van der Waals surface area contributed by atoms with Gasteiger partial charge in [0.15, 0.2) is 0 Å². The van der Waals surface area contributed by atoms with Crippen LogP contribution in [0.5, 0.6) is 0 Å². The van der Waals surface area contributed by atoms with Crippen molar-refractivity contribution in [3.8, 4) is 0 Å². The van der Waals surface area contributed by atoms with E-state index in [0.29, 0.717) is 6.04 Å². The Morgan fingerprint density at radius 2 is 1.94 bits per heavy atom. The van der Waals surface area contributed by atoms with Crippen LogP contribution < -0.4 is 5.32 Å². The van der Waals surface area contributed by atoms with E-state index in [1.165, 1.54) is 29.3 Å². The number of carbonyl (C=O) groups is 1. The lowest BCUT2D eigenvalue weighted by Crippen LogP contribution is -2.38. The Kier molecular flexibility index (Phi) is 3.11. The van der Waals surface area contributed by atoms with Crippen molar-refractivity contribution in [2.24, 2.45) is 11.8 Å². The average Bonchev–Trinajstić information content (AvgIpc) is 2.91. The van der Waals surface area contributed by atoms with Gasteiger partial charge in [0.25, 0.3) is 5.91 Å². The molecule has 3 rings (SSSR count). The molecule has 0 saturated heterocycles. The first-order chi connectivity index (χ1) is 8.22. The molecule has 3 atom stereocenters. The van der Waals surface area contributed by atoms with Gasteiger partial charge in [-0.3, -0.25) is 4.79 Å². The van der Waals surface area contributed by atoms with Crippen LogP contribution in [0.15, 0.2) is 24.3 Å². The van der Waals surface area contributed by atoms with Crippen LogP contribution in [0.1, 0.15) is 36.0 Å². The lowest BCUT2D eigenvalue weighted by Gasteiger charge is -2.22. The molecule has 90 valence electrons. The van der Waals surface area contributed by atoms with Gasteiger partial charge in [0, 0.05) is 15.2 Å². The third-order valence-electron chi connectivity index (χ3n) is 4.16. The van der Waals surface area contributed by atoms with Gasteiger partial charge in [-0.1, -0.05) is 6.42 Å². The summed E-state index contributed by atoms with van der Waals surface area (Å²) in [6.07, 6.45) is 5.21. The summed E-state index contributed by atoms with van der Waals surface area (Å²) in [6.45, 7) is 0. The number of rotatable bonds is 2. The predicted octanol–water partition coefficient (Wildman–Crippen LogP) is 3.21. The van der Waals surface area contributed by atoms with Gasteiger partial charge < -0.3 is 5.32 Å². The molecule has 1 aromatic carbocycles. The Labute approximate surface area is 115 Å². The molecule has 17 heavy (non-hydrogen) atoms. The second kappa shape index (κ2) is 4.59. The number of hydrogen-bond acceptors (Lipinski definition) is 1. The zero-order valence-electron chi connectivity index (χ0n) is 9.66. The second-order valence-electron chi connectivity index (χ2n) is 5.26. The van der Waals surface area contributed by atoms with Gasteiger partial charge in [-0.05, 0) is 78.0 Å². The van der Waals surface area contributed by atoms with Crippen LogP contribution >= 0.6 is 22.6 Å². The highest BCUT2D eigenvalue weighted by Gasteiger charge is 2.40. The van der Waals surface area contributed by atoms with Gasteiger partial charge in [-0.25, -0.2) is 0 Å². The van der Waals surface area contributed by atoms with Crippen LogP contribution in [-0.4, -0.2) is 11.9 Å². The van der Waals surface area contributed by atoms with Crippen LogP contribution in [0.4, 0.5) is 0 Å². The smallest absolute Gasteiger partial charge is 0.251 e. The van der Waals surface area contributed by atoms with Crippen molar-refractivity contribution in [3.63, 3.8) is 0 Å². The average molecular weight is 341 g/mol. The molecule has 1 aromatic rings. The van der Waals surface area contributed by atoms with E-state index in [1.807, 2.05) is 24.3 Å².